The smallest absolute Gasteiger partial charge is 0.0701 e. The van der Waals surface area contributed by atoms with Crippen LogP contribution in [0.3, 0.4) is 0 Å². The van der Waals surface area contributed by atoms with Gasteiger partial charge in [0.1, 0.15) is 0 Å². The van der Waals surface area contributed by atoms with Crippen molar-refractivity contribution in [3.05, 3.63) is 48.0 Å². The van der Waals surface area contributed by atoms with Crippen LogP contribution in [-0.4, -0.2) is 53.4 Å². The molecule has 0 atom stereocenters. The van der Waals surface area contributed by atoms with Gasteiger partial charge in [0.05, 0.1) is 46.2 Å². The summed E-state index contributed by atoms with van der Waals surface area (Å²) in [5.74, 6) is 0. The van der Waals surface area contributed by atoms with Gasteiger partial charge in [-0.3, -0.25) is 0 Å². The lowest BCUT2D eigenvalue weighted by molar-refractivity contribution is 0.00407. The number of hydrogen-bond acceptors (Lipinski definition) is 4. The van der Waals surface area contributed by atoms with Crippen molar-refractivity contribution < 1.29 is 18.9 Å². The number of ether oxygens (including phenoxy) is 4. The van der Waals surface area contributed by atoms with E-state index in [1.54, 1.807) is 7.11 Å². The first-order valence-electron chi connectivity index (χ1n) is 8.10. The lowest BCUT2D eigenvalue weighted by atomic mass is 10.1. The Hall–Kier alpha value is -1.46. The molecule has 0 aromatic heterocycles. The molecule has 126 valence electrons. The number of methoxy groups -OCH3 is 1. The van der Waals surface area contributed by atoms with Gasteiger partial charge in [-0.05, 0) is 22.8 Å². The summed E-state index contributed by atoms with van der Waals surface area (Å²) in [4.78, 5) is 0. The molecule has 0 N–H and O–H groups in total. The Kier molecular flexibility index (Phi) is 8.66. The largest absolute Gasteiger partial charge is 0.382 e. The first kappa shape index (κ1) is 17.9. The average Bonchev–Trinajstić information content (AvgIpc) is 2.59. The molecule has 0 radical (unpaired) electrons. The van der Waals surface area contributed by atoms with Crippen LogP contribution in [0.4, 0.5) is 0 Å². The molecule has 0 aliphatic heterocycles. The maximum atomic E-state index is 5.61. The van der Waals surface area contributed by atoms with E-state index in [0.717, 1.165) is 6.42 Å². The SMILES string of the molecule is COCCOCCOCCOCCc1ccc2ccccc2c1. The number of fused-ring (bicyclic) bond motifs is 1. The summed E-state index contributed by atoms with van der Waals surface area (Å²) >= 11 is 0. The molecule has 0 unspecified atom stereocenters. The van der Waals surface area contributed by atoms with Crippen LogP contribution in [-0.2, 0) is 25.4 Å². The molecule has 2 rings (SSSR count). The highest BCUT2D eigenvalue weighted by atomic mass is 16.6. The van der Waals surface area contributed by atoms with Gasteiger partial charge >= 0.3 is 0 Å². The summed E-state index contributed by atoms with van der Waals surface area (Å²) in [6.45, 7) is 4.36. The Morgan fingerprint density at radius 3 is 1.96 bits per heavy atom. The third-order valence-electron chi connectivity index (χ3n) is 3.52. The van der Waals surface area contributed by atoms with Gasteiger partial charge in [0, 0.05) is 7.11 Å². The summed E-state index contributed by atoms with van der Waals surface area (Å²) in [6, 6.07) is 15.0. The Morgan fingerprint density at radius 2 is 1.26 bits per heavy atom. The van der Waals surface area contributed by atoms with E-state index in [9.17, 15) is 0 Å². The fraction of sp³-hybridized carbons (Fsp3) is 0.474. The van der Waals surface area contributed by atoms with Gasteiger partial charge in [-0.25, -0.2) is 0 Å². The quantitative estimate of drug-likeness (QED) is 0.564. The van der Waals surface area contributed by atoms with E-state index < -0.39 is 0 Å². The Labute approximate surface area is 138 Å². The topological polar surface area (TPSA) is 36.9 Å². The summed E-state index contributed by atoms with van der Waals surface area (Å²) < 4.78 is 21.2. The number of hydrogen-bond donors (Lipinski definition) is 0. The second-order valence-electron chi connectivity index (χ2n) is 5.26. The highest BCUT2D eigenvalue weighted by Crippen LogP contribution is 2.15. The molecule has 0 amide bonds. The zero-order valence-corrected chi connectivity index (χ0v) is 13.8. The van der Waals surface area contributed by atoms with E-state index in [2.05, 4.69) is 42.5 Å². The molecule has 0 aliphatic rings. The predicted octanol–water partition coefficient (Wildman–Crippen LogP) is 3.08. The first-order valence-corrected chi connectivity index (χ1v) is 8.10. The van der Waals surface area contributed by atoms with Crippen LogP contribution < -0.4 is 0 Å². The van der Waals surface area contributed by atoms with Gasteiger partial charge in [0.25, 0.3) is 0 Å². The minimum absolute atomic E-state index is 0.595. The number of rotatable bonds is 12. The fourth-order valence-corrected chi connectivity index (χ4v) is 2.27. The minimum atomic E-state index is 0.595. The molecule has 0 fully saturated rings. The molecule has 0 spiro atoms. The number of benzene rings is 2. The molecule has 4 heteroatoms. The second-order valence-corrected chi connectivity index (χ2v) is 5.26. The highest BCUT2D eigenvalue weighted by Gasteiger charge is 1.97. The molecule has 2 aromatic carbocycles. The molecule has 2 aromatic rings. The molecule has 23 heavy (non-hydrogen) atoms. The zero-order chi connectivity index (χ0) is 16.2. The van der Waals surface area contributed by atoms with E-state index >= 15 is 0 Å². The van der Waals surface area contributed by atoms with E-state index in [0.29, 0.717) is 46.2 Å². The third kappa shape index (κ3) is 7.10. The average molecular weight is 318 g/mol. The van der Waals surface area contributed by atoms with E-state index in [4.69, 9.17) is 18.9 Å². The van der Waals surface area contributed by atoms with Crippen LogP contribution in [0.25, 0.3) is 10.8 Å². The van der Waals surface area contributed by atoms with Gasteiger partial charge in [-0.15, -0.1) is 0 Å². The van der Waals surface area contributed by atoms with Crippen molar-refractivity contribution in [3.63, 3.8) is 0 Å². The summed E-state index contributed by atoms with van der Waals surface area (Å²) in [6.07, 6.45) is 0.922. The predicted molar refractivity (Wildman–Crippen MR) is 92.0 cm³/mol. The van der Waals surface area contributed by atoms with E-state index in [1.165, 1.54) is 16.3 Å². The Bertz CT molecular complexity index is 556. The molecule has 4 nitrogen and oxygen atoms in total. The van der Waals surface area contributed by atoms with Crippen molar-refractivity contribution in [1.82, 2.24) is 0 Å². The molecular formula is C19H26O4. The molecular weight excluding hydrogens is 292 g/mol. The van der Waals surface area contributed by atoms with Gasteiger partial charge in [0.2, 0.25) is 0 Å². The van der Waals surface area contributed by atoms with Crippen LogP contribution in [0.5, 0.6) is 0 Å². The molecule has 0 heterocycles. The van der Waals surface area contributed by atoms with Gasteiger partial charge in [0.15, 0.2) is 0 Å². The third-order valence-corrected chi connectivity index (χ3v) is 3.52. The molecule has 0 saturated carbocycles. The fourth-order valence-electron chi connectivity index (χ4n) is 2.27. The molecule has 0 saturated heterocycles. The van der Waals surface area contributed by atoms with E-state index in [-0.39, 0.29) is 0 Å². The molecule has 0 aliphatic carbocycles. The Balaban J connectivity index is 1.50. The van der Waals surface area contributed by atoms with Crippen LogP contribution in [0.2, 0.25) is 0 Å². The van der Waals surface area contributed by atoms with Crippen LogP contribution in [0, 0.1) is 0 Å². The van der Waals surface area contributed by atoms with Crippen molar-refractivity contribution in [2.45, 2.75) is 6.42 Å². The highest BCUT2D eigenvalue weighted by molar-refractivity contribution is 5.82. The Morgan fingerprint density at radius 1 is 0.652 bits per heavy atom. The van der Waals surface area contributed by atoms with Crippen LogP contribution in [0.15, 0.2) is 42.5 Å². The normalized spacial score (nSPS) is 11.2. The van der Waals surface area contributed by atoms with Gasteiger partial charge in [-0.2, -0.15) is 0 Å². The monoisotopic (exact) mass is 318 g/mol. The van der Waals surface area contributed by atoms with Crippen molar-refractivity contribution >= 4 is 10.8 Å². The maximum absolute atomic E-state index is 5.61. The molecule has 0 bridgehead atoms. The lowest BCUT2D eigenvalue weighted by Crippen LogP contribution is -2.12. The van der Waals surface area contributed by atoms with Crippen molar-refractivity contribution in [2.75, 3.05) is 53.4 Å². The van der Waals surface area contributed by atoms with Crippen LogP contribution >= 0.6 is 0 Å². The van der Waals surface area contributed by atoms with Crippen molar-refractivity contribution in [2.24, 2.45) is 0 Å². The lowest BCUT2D eigenvalue weighted by Gasteiger charge is -2.07. The van der Waals surface area contributed by atoms with Crippen LogP contribution in [0.1, 0.15) is 5.56 Å². The maximum Gasteiger partial charge on any atom is 0.0701 e. The van der Waals surface area contributed by atoms with Gasteiger partial charge in [-0.1, -0.05) is 42.5 Å². The standard InChI is InChI=1S/C19H26O4/c1-20-10-11-22-14-15-23-13-12-21-9-8-17-6-7-18-4-2-3-5-19(18)16-17/h2-7,16H,8-15H2,1H3. The summed E-state index contributed by atoms with van der Waals surface area (Å²) in [5.41, 5.74) is 1.30. The first-order chi connectivity index (χ1) is 11.4. The second kappa shape index (κ2) is 11.1. The summed E-state index contributed by atoms with van der Waals surface area (Å²) in [5, 5.41) is 2.56. The van der Waals surface area contributed by atoms with Crippen molar-refractivity contribution in [3.8, 4) is 0 Å². The zero-order valence-electron chi connectivity index (χ0n) is 13.8. The summed E-state index contributed by atoms with van der Waals surface area (Å²) in [7, 11) is 1.66. The minimum Gasteiger partial charge on any atom is -0.382 e. The van der Waals surface area contributed by atoms with E-state index in [1.807, 2.05) is 0 Å². The van der Waals surface area contributed by atoms with Gasteiger partial charge < -0.3 is 18.9 Å². The van der Waals surface area contributed by atoms with Crippen molar-refractivity contribution in [1.29, 1.82) is 0 Å².